The molecule has 0 aliphatic rings. The predicted molar refractivity (Wildman–Crippen MR) is 75.5 cm³/mol. The van der Waals surface area contributed by atoms with Crippen molar-refractivity contribution in [2.75, 3.05) is 6.54 Å². The fourth-order valence-electron chi connectivity index (χ4n) is 2.06. The first kappa shape index (κ1) is 13.4. The zero-order chi connectivity index (χ0) is 13.7. The molecule has 4 nitrogen and oxygen atoms in total. The van der Waals surface area contributed by atoms with E-state index in [1.807, 2.05) is 60.4 Å². The Hall–Kier alpha value is -2.07. The van der Waals surface area contributed by atoms with E-state index in [4.69, 9.17) is 5.73 Å². The minimum Gasteiger partial charge on any atom is -0.357 e. The van der Waals surface area contributed by atoms with Crippen molar-refractivity contribution in [3.8, 4) is 0 Å². The van der Waals surface area contributed by atoms with E-state index in [9.17, 15) is 4.79 Å². The zero-order valence-electron chi connectivity index (χ0n) is 11.0. The van der Waals surface area contributed by atoms with Crippen molar-refractivity contribution in [1.82, 2.24) is 9.88 Å². The fourth-order valence-corrected chi connectivity index (χ4v) is 2.06. The fraction of sp³-hybridized carbons (Fsp3) is 0.267. The lowest BCUT2D eigenvalue weighted by Crippen LogP contribution is -2.33. The van der Waals surface area contributed by atoms with Gasteiger partial charge in [-0.15, -0.1) is 0 Å². The molecule has 0 aliphatic heterocycles. The summed E-state index contributed by atoms with van der Waals surface area (Å²) >= 11 is 0. The van der Waals surface area contributed by atoms with Gasteiger partial charge < -0.3 is 15.6 Å². The maximum Gasteiger partial charge on any atom is 0.229 e. The van der Waals surface area contributed by atoms with Crippen LogP contribution in [0.2, 0.25) is 0 Å². The van der Waals surface area contributed by atoms with Crippen LogP contribution in [0.1, 0.15) is 17.0 Å². The predicted octanol–water partition coefficient (Wildman–Crippen LogP) is 1.38. The summed E-state index contributed by atoms with van der Waals surface area (Å²) in [5, 5.41) is 2.93. The molecule has 2 rings (SSSR count). The van der Waals surface area contributed by atoms with Gasteiger partial charge in [0.15, 0.2) is 0 Å². The van der Waals surface area contributed by atoms with Gasteiger partial charge in [0.1, 0.15) is 0 Å². The summed E-state index contributed by atoms with van der Waals surface area (Å²) < 4.78 is 1.96. The van der Waals surface area contributed by atoms with Crippen LogP contribution in [0.5, 0.6) is 0 Å². The molecule has 1 aromatic heterocycles. The summed E-state index contributed by atoms with van der Waals surface area (Å²) in [5.41, 5.74) is 7.75. The number of rotatable bonds is 5. The molecule has 0 radical (unpaired) electrons. The summed E-state index contributed by atoms with van der Waals surface area (Å²) in [4.78, 5) is 12.2. The zero-order valence-corrected chi connectivity index (χ0v) is 11.0. The molecule has 19 heavy (non-hydrogen) atoms. The third-order valence-electron chi connectivity index (χ3n) is 3.11. The van der Waals surface area contributed by atoms with Crippen LogP contribution in [-0.2, 0) is 18.4 Å². The minimum atomic E-state index is -0.287. The molecular weight excluding hydrogens is 238 g/mol. The SMILES string of the molecule is Cn1ccc(CNC(=O)C(CN)c2ccccc2)c1. The minimum absolute atomic E-state index is 0.0300. The topological polar surface area (TPSA) is 60.0 Å². The van der Waals surface area contributed by atoms with Gasteiger partial charge in [-0.1, -0.05) is 30.3 Å². The van der Waals surface area contributed by atoms with Gasteiger partial charge in [0.2, 0.25) is 5.91 Å². The van der Waals surface area contributed by atoms with Crippen molar-refractivity contribution >= 4 is 5.91 Å². The molecule has 1 atom stereocenters. The molecule has 0 saturated heterocycles. The Morgan fingerprint density at radius 1 is 1.32 bits per heavy atom. The summed E-state index contributed by atoms with van der Waals surface area (Å²) in [6.07, 6.45) is 3.94. The molecule has 1 amide bonds. The van der Waals surface area contributed by atoms with E-state index in [-0.39, 0.29) is 11.8 Å². The smallest absolute Gasteiger partial charge is 0.229 e. The van der Waals surface area contributed by atoms with Crippen molar-refractivity contribution in [2.45, 2.75) is 12.5 Å². The third kappa shape index (κ3) is 3.45. The lowest BCUT2D eigenvalue weighted by molar-refractivity contribution is -0.122. The van der Waals surface area contributed by atoms with Gasteiger partial charge >= 0.3 is 0 Å². The maximum atomic E-state index is 12.2. The Bertz CT molecular complexity index is 533. The number of aromatic nitrogens is 1. The average molecular weight is 257 g/mol. The van der Waals surface area contributed by atoms with E-state index < -0.39 is 0 Å². The van der Waals surface area contributed by atoms with Crippen LogP contribution in [0.3, 0.4) is 0 Å². The monoisotopic (exact) mass is 257 g/mol. The summed E-state index contributed by atoms with van der Waals surface area (Å²) in [6.45, 7) is 0.841. The van der Waals surface area contributed by atoms with E-state index in [2.05, 4.69) is 5.32 Å². The molecule has 1 heterocycles. The molecule has 1 unspecified atom stereocenters. The Kier molecular flexibility index (Phi) is 4.36. The molecule has 100 valence electrons. The normalized spacial score (nSPS) is 12.1. The van der Waals surface area contributed by atoms with Gasteiger partial charge in [-0.05, 0) is 17.2 Å². The van der Waals surface area contributed by atoms with E-state index in [1.165, 1.54) is 0 Å². The quantitative estimate of drug-likeness (QED) is 0.850. The number of hydrogen-bond donors (Lipinski definition) is 2. The first-order chi connectivity index (χ1) is 9.20. The molecule has 0 aliphatic carbocycles. The Balaban J connectivity index is 1.98. The van der Waals surface area contributed by atoms with E-state index in [1.54, 1.807) is 0 Å². The van der Waals surface area contributed by atoms with Gasteiger partial charge in [0.25, 0.3) is 0 Å². The van der Waals surface area contributed by atoms with Gasteiger partial charge in [0.05, 0.1) is 5.92 Å². The highest BCUT2D eigenvalue weighted by molar-refractivity contribution is 5.83. The molecular formula is C15H19N3O. The Labute approximate surface area is 113 Å². The Morgan fingerprint density at radius 2 is 2.05 bits per heavy atom. The first-order valence-electron chi connectivity index (χ1n) is 6.34. The van der Waals surface area contributed by atoms with Crippen molar-refractivity contribution in [2.24, 2.45) is 12.8 Å². The molecule has 0 fully saturated rings. The number of aryl methyl sites for hydroxylation is 1. The number of carbonyl (C=O) groups is 1. The second-order valence-corrected chi connectivity index (χ2v) is 4.60. The number of hydrogen-bond acceptors (Lipinski definition) is 2. The number of nitrogens with two attached hydrogens (primary N) is 1. The maximum absolute atomic E-state index is 12.2. The summed E-state index contributed by atoms with van der Waals surface area (Å²) in [5.74, 6) is -0.317. The van der Waals surface area contributed by atoms with Crippen LogP contribution in [0, 0.1) is 0 Å². The molecule has 2 aromatic rings. The molecule has 0 bridgehead atoms. The van der Waals surface area contributed by atoms with Crippen molar-refractivity contribution in [3.05, 3.63) is 59.9 Å². The number of amides is 1. The van der Waals surface area contributed by atoms with Crippen LogP contribution in [0.4, 0.5) is 0 Å². The molecule has 0 spiro atoms. The van der Waals surface area contributed by atoms with Crippen LogP contribution >= 0.6 is 0 Å². The summed E-state index contributed by atoms with van der Waals surface area (Å²) in [7, 11) is 1.96. The highest BCUT2D eigenvalue weighted by Gasteiger charge is 2.18. The second-order valence-electron chi connectivity index (χ2n) is 4.60. The second kappa shape index (κ2) is 6.20. The number of nitrogens with one attached hydrogen (secondary N) is 1. The van der Waals surface area contributed by atoms with Crippen molar-refractivity contribution < 1.29 is 4.79 Å². The van der Waals surface area contributed by atoms with Gasteiger partial charge in [-0.25, -0.2) is 0 Å². The van der Waals surface area contributed by atoms with Crippen LogP contribution in [0.15, 0.2) is 48.8 Å². The summed E-state index contributed by atoms with van der Waals surface area (Å²) in [6, 6.07) is 11.6. The van der Waals surface area contributed by atoms with Gasteiger partial charge in [-0.2, -0.15) is 0 Å². The highest BCUT2D eigenvalue weighted by atomic mass is 16.1. The van der Waals surface area contributed by atoms with Gasteiger partial charge in [0, 0.05) is 32.5 Å². The molecule has 3 N–H and O–H groups in total. The number of benzene rings is 1. The lowest BCUT2D eigenvalue weighted by atomic mass is 9.98. The van der Waals surface area contributed by atoms with Crippen LogP contribution in [0.25, 0.3) is 0 Å². The van der Waals surface area contributed by atoms with Crippen molar-refractivity contribution in [3.63, 3.8) is 0 Å². The van der Waals surface area contributed by atoms with E-state index >= 15 is 0 Å². The Morgan fingerprint density at radius 3 is 2.63 bits per heavy atom. The van der Waals surface area contributed by atoms with E-state index in [0.717, 1.165) is 11.1 Å². The molecule has 0 saturated carbocycles. The number of carbonyl (C=O) groups excluding carboxylic acids is 1. The van der Waals surface area contributed by atoms with Crippen LogP contribution < -0.4 is 11.1 Å². The average Bonchev–Trinajstić information content (AvgIpc) is 2.84. The van der Waals surface area contributed by atoms with Crippen molar-refractivity contribution in [1.29, 1.82) is 0 Å². The molecule has 4 heteroatoms. The van der Waals surface area contributed by atoms with Crippen LogP contribution in [-0.4, -0.2) is 17.0 Å². The highest BCUT2D eigenvalue weighted by Crippen LogP contribution is 2.14. The lowest BCUT2D eigenvalue weighted by Gasteiger charge is -2.14. The standard InChI is InChI=1S/C15H19N3O/c1-18-8-7-12(11-18)10-17-15(19)14(9-16)13-5-3-2-4-6-13/h2-8,11,14H,9-10,16H2,1H3,(H,17,19). The first-order valence-corrected chi connectivity index (χ1v) is 6.34. The largest absolute Gasteiger partial charge is 0.357 e. The third-order valence-corrected chi connectivity index (χ3v) is 3.11. The molecule has 1 aromatic carbocycles. The number of nitrogens with zero attached hydrogens (tertiary/aromatic N) is 1. The van der Waals surface area contributed by atoms with E-state index in [0.29, 0.717) is 13.1 Å². The van der Waals surface area contributed by atoms with Gasteiger partial charge in [-0.3, -0.25) is 4.79 Å².